The molecule has 0 bridgehead atoms. The normalized spacial score (nSPS) is 13.8. The lowest BCUT2D eigenvalue weighted by atomic mass is 10.0. The number of aliphatic hydroxyl groups is 1. The zero-order chi connectivity index (χ0) is 18.1. The Hall–Kier alpha value is -1.82. The third kappa shape index (κ3) is 7.64. The first-order valence-electron chi connectivity index (χ1n) is 8.28. The third-order valence-electron chi connectivity index (χ3n) is 3.90. The number of aromatic nitrogens is 1. The van der Waals surface area contributed by atoms with Crippen LogP contribution in [-0.2, 0) is 6.42 Å². The molecule has 0 spiro atoms. The first-order chi connectivity index (χ1) is 11.3. The van der Waals surface area contributed by atoms with Gasteiger partial charge in [0.25, 0.3) is 0 Å². The van der Waals surface area contributed by atoms with Gasteiger partial charge in [0.15, 0.2) is 5.82 Å². The van der Waals surface area contributed by atoms with Crippen LogP contribution in [0.4, 0.5) is 5.82 Å². The molecule has 0 aromatic carbocycles. The molecule has 0 aliphatic rings. The summed E-state index contributed by atoms with van der Waals surface area (Å²) in [6.45, 7) is 8.27. The van der Waals surface area contributed by atoms with Gasteiger partial charge in [-0.3, -0.25) is 10.4 Å². The van der Waals surface area contributed by atoms with E-state index in [-0.39, 0.29) is 11.0 Å². The predicted molar refractivity (Wildman–Crippen MR) is 97.4 cm³/mol. The smallest absolute Gasteiger partial charge is 0.161 e. The molecule has 0 aliphatic heterocycles. The second kappa shape index (κ2) is 10.1. The van der Waals surface area contributed by atoms with Crippen molar-refractivity contribution in [1.82, 2.24) is 4.98 Å². The molecule has 1 atom stereocenters. The highest BCUT2D eigenvalue weighted by molar-refractivity contribution is 5.37. The number of aliphatic hydroxyl groups excluding tert-OH is 1. The summed E-state index contributed by atoms with van der Waals surface area (Å²) >= 11 is 0. The monoisotopic (exact) mass is 334 g/mol. The molecule has 1 aromatic heterocycles. The molecule has 0 fully saturated rings. The fourth-order valence-electron chi connectivity index (χ4n) is 2.32. The van der Waals surface area contributed by atoms with Gasteiger partial charge >= 0.3 is 0 Å². The molecule has 1 heterocycles. The molecule has 5 nitrogen and oxygen atoms in total. The quantitative estimate of drug-likeness (QED) is 0.395. The first-order valence-corrected chi connectivity index (χ1v) is 8.28. The molecule has 0 aliphatic carbocycles. The minimum absolute atomic E-state index is 0.0291. The Bertz CT molecular complexity index is 594. The van der Waals surface area contributed by atoms with Crippen LogP contribution >= 0.6 is 0 Å². The molecule has 4 N–H and O–H groups in total. The van der Waals surface area contributed by atoms with Crippen molar-refractivity contribution in [3.8, 4) is 0 Å². The Balaban J connectivity index is 2.47. The SMILES string of the molecule is CC(C)=CCC/C(C)=C/C/C=C(\C)[C@H](O)Cc1c[nH]c(N(O)O)c1. The maximum atomic E-state index is 10.2. The second-order valence-corrected chi connectivity index (χ2v) is 6.46. The van der Waals surface area contributed by atoms with E-state index >= 15 is 0 Å². The van der Waals surface area contributed by atoms with E-state index in [1.807, 2.05) is 13.0 Å². The molecule has 1 rings (SSSR count). The number of H-pyrrole nitrogens is 1. The fourth-order valence-corrected chi connectivity index (χ4v) is 2.32. The zero-order valence-corrected chi connectivity index (χ0v) is 15.1. The number of hydrogen-bond acceptors (Lipinski definition) is 4. The molecular weight excluding hydrogens is 304 g/mol. The third-order valence-corrected chi connectivity index (χ3v) is 3.90. The first kappa shape index (κ1) is 20.2. The maximum absolute atomic E-state index is 10.2. The molecule has 1 aromatic rings. The van der Waals surface area contributed by atoms with Crippen LogP contribution in [0.3, 0.4) is 0 Å². The summed E-state index contributed by atoms with van der Waals surface area (Å²) in [6.07, 6.45) is 10.9. The highest BCUT2D eigenvalue weighted by Gasteiger charge is 2.10. The van der Waals surface area contributed by atoms with Gasteiger partial charge in [-0.25, -0.2) is 0 Å². The lowest BCUT2D eigenvalue weighted by molar-refractivity contribution is 0.0270. The van der Waals surface area contributed by atoms with Crippen molar-refractivity contribution < 1.29 is 15.5 Å². The van der Waals surface area contributed by atoms with Crippen molar-refractivity contribution in [1.29, 1.82) is 0 Å². The zero-order valence-electron chi connectivity index (χ0n) is 15.1. The van der Waals surface area contributed by atoms with Crippen LogP contribution in [0.5, 0.6) is 0 Å². The number of nitrogens with zero attached hydrogens (tertiary/aromatic N) is 1. The highest BCUT2D eigenvalue weighted by atomic mass is 16.8. The van der Waals surface area contributed by atoms with Crippen LogP contribution in [0, 0.1) is 0 Å². The van der Waals surface area contributed by atoms with Gasteiger partial charge in [0.05, 0.1) is 6.10 Å². The van der Waals surface area contributed by atoms with Crippen LogP contribution in [0.1, 0.15) is 52.5 Å². The van der Waals surface area contributed by atoms with E-state index in [9.17, 15) is 5.11 Å². The molecule has 0 saturated heterocycles. The Labute approximate surface area is 144 Å². The van der Waals surface area contributed by atoms with E-state index in [1.165, 1.54) is 11.1 Å². The van der Waals surface area contributed by atoms with Crippen molar-refractivity contribution >= 4 is 5.82 Å². The van der Waals surface area contributed by atoms with Gasteiger partial charge < -0.3 is 10.1 Å². The van der Waals surface area contributed by atoms with Crippen LogP contribution in [0.25, 0.3) is 0 Å². The van der Waals surface area contributed by atoms with Gasteiger partial charge in [0.2, 0.25) is 0 Å². The van der Waals surface area contributed by atoms with Gasteiger partial charge in [0, 0.05) is 12.6 Å². The minimum atomic E-state index is -0.584. The summed E-state index contributed by atoms with van der Waals surface area (Å²) in [7, 11) is 0. The van der Waals surface area contributed by atoms with Crippen LogP contribution < -0.4 is 5.23 Å². The summed E-state index contributed by atoms with van der Waals surface area (Å²) in [5.41, 5.74) is 4.43. The summed E-state index contributed by atoms with van der Waals surface area (Å²) in [5, 5.41) is 28.1. The number of allylic oxidation sites excluding steroid dienone is 5. The average molecular weight is 334 g/mol. The molecule has 134 valence electrons. The molecular formula is C19H30N2O3. The molecule has 0 radical (unpaired) electrons. The van der Waals surface area contributed by atoms with Crippen molar-refractivity contribution in [3.63, 3.8) is 0 Å². The molecule has 0 unspecified atom stereocenters. The van der Waals surface area contributed by atoms with E-state index < -0.39 is 6.10 Å². The van der Waals surface area contributed by atoms with E-state index in [2.05, 4.69) is 37.9 Å². The van der Waals surface area contributed by atoms with Crippen LogP contribution in [0.15, 0.2) is 47.2 Å². The van der Waals surface area contributed by atoms with E-state index in [0.717, 1.165) is 30.4 Å². The Morgan fingerprint density at radius 1 is 1.17 bits per heavy atom. The number of hydrogen-bond donors (Lipinski definition) is 4. The van der Waals surface area contributed by atoms with E-state index in [0.29, 0.717) is 6.42 Å². The standard InChI is InChI=1S/C19H30N2O3/c1-14(2)7-5-8-15(3)9-6-10-16(4)18(22)11-17-12-19(20-13-17)21(23)24/h7,9-10,12-13,18,20,22-24H,5-6,8,11H2,1-4H3/b15-9+,16-10+/t18-/m1/s1. The van der Waals surface area contributed by atoms with Crippen molar-refractivity contribution in [2.45, 2.75) is 59.5 Å². The van der Waals surface area contributed by atoms with Crippen LogP contribution in [0.2, 0.25) is 0 Å². The maximum Gasteiger partial charge on any atom is 0.161 e. The second-order valence-electron chi connectivity index (χ2n) is 6.46. The summed E-state index contributed by atoms with van der Waals surface area (Å²) in [4.78, 5) is 2.72. The number of rotatable bonds is 9. The largest absolute Gasteiger partial charge is 0.388 e. The molecule has 5 heteroatoms. The Morgan fingerprint density at radius 3 is 2.46 bits per heavy atom. The molecule has 24 heavy (non-hydrogen) atoms. The lowest BCUT2D eigenvalue weighted by Crippen LogP contribution is -2.12. The lowest BCUT2D eigenvalue weighted by Gasteiger charge is -2.10. The summed E-state index contributed by atoms with van der Waals surface area (Å²) in [5.74, 6) is 0.175. The van der Waals surface area contributed by atoms with Gasteiger partial charge in [-0.15, -0.1) is 5.23 Å². The molecule has 0 saturated carbocycles. The van der Waals surface area contributed by atoms with Gasteiger partial charge in [0.1, 0.15) is 0 Å². The van der Waals surface area contributed by atoms with Crippen LogP contribution in [-0.4, -0.2) is 26.6 Å². The number of anilines is 1. The average Bonchev–Trinajstić information content (AvgIpc) is 2.95. The molecule has 0 amide bonds. The Morgan fingerprint density at radius 2 is 1.88 bits per heavy atom. The van der Waals surface area contributed by atoms with E-state index in [1.54, 1.807) is 12.3 Å². The van der Waals surface area contributed by atoms with Crippen molar-refractivity contribution in [2.75, 3.05) is 5.23 Å². The number of nitrogens with one attached hydrogen (secondary N) is 1. The summed E-state index contributed by atoms with van der Waals surface area (Å²) < 4.78 is 0. The Kier molecular flexibility index (Phi) is 8.54. The van der Waals surface area contributed by atoms with Gasteiger partial charge in [-0.2, -0.15) is 0 Å². The van der Waals surface area contributed by atoms with Crippen molar-refractivity contribution in [2.24, 2.45) is 0 Å². The predicted octanol–water partition coefficient (Wildman–Crippen LogP) is 4.53. The number of aromatic amines is 1. The topological polar surface area (TPSA) is 79.7 Å². The minimum Gasteiger partial charge on any atom is -0.388 e. The van der Waals surface area contributed by atoms with E-state index in [4.69, 9.17) is 10.4 Å². The van der Waals surface area contributed by atoms with Gasteiger partial charge in [-0.1, -0.05) is 29.4 Å². The van der Waals surface area contributed by atoms with Gasteiger partial charge in [-0.05, 0) is 64.2 Å². The highest BCUT2D eigenvalue weighted by Crippen LogP contribution is 2.16. The van der Waals surface area contributed by atoms with Crippen molar-refractivity contribution in [3.05, 3.63) is 52.8 Å². The summed E-state index contributed by atoms with van der Waals surface area (Å²) in [6, 6.07) is 1.59. The fraction of sp³-hybridized carbons (Fsp3) is 0.474.